The van der Waals surface area contributed by atoms with Crippen LogP contribution < -0.4 is 11.1 Å². The minimum absolute atomic E-state index is 0.157. The molecule has 0 saturated heterocycles. The molecular weight excluding hydrogens is 228 g/mol. The van der Waals surface area contributed by atoms with Crippen LogP contribution in [0.4, 0.5) is 11.6 Å². The Hall–Kier alpha value is -2.30. The van der Waals surface area contributed by atoms with Gasteiger partial charge in [0.2, 0.25) is 5.95 Å². The number of anilines is 2. The van der Waals surface area contributed by atoms with Crippen molar-refractivity contribution in [1.82, 2.24) is 9.97 Å². The van der Waals surface area contributed by atoms with E-state index in [9.17, 15) is 5.11 Å². The van der Waals surface area contributed by atoms with Crippen molar-refractivity contribution in [3.8, 4) is 17.0 Å². The Morgan fingerprint density at radius 3 is 2.67 bits per heavy atom. The van der Waals surface area contributed by atoms with Gasteiger partial charge in [0.05, 0.1) is 11.4 Å². The maximum absolute atomic E-state index is 9.86. The minimum atomic E-state index is 0.157. The van der Waals surface area contributed by atoms with Crippen LogP contribution in [-0.2, 0) is 0 Å². The molecular formula is C13H16N4O. The molecule has 1 heterocycles. The molecule has 0 atom stereocenters. The van der Waals surface area contributed by atoms with Gasteiger partial charge in [0.1, 0.15) is 11.4 Å². The molecule has 0 unspecified atom stereocenters. The minimum Gasteiger partial charge on any atom is -0.507 e. The maximum Gasteiger partial charge on any atom is 0.223 e. The van der Waals surface area contributed by atoms with Gasteiger partial charge >= 0.3 is 0 Å². The van der Waals surface area contributed by atoms with Crippen LogP contribution in [0.25, 0.3) is 11.3 Å². The zero-order valence-corrected chi connectivity index (χ0v) is 10.4. The average Bonchev–Trinajstić information content (AvgIpc) is 2.35. The van der Waals surface area contributed by atoms with Crippen molar-refractivity contribution in [2.24, 2.45) is 0 Å². The molecule has 0 aliphatic heterocycles. The van der Waals surface area contributed by atoms with Crippen molar-refractivity contribution in [3.05, 3.63) is 30.0 Å². The second-order valence-corrected chi connectivity index (χ2v) is 3.94. The Kier molecular flexibility index (Phi) is 3.32. The van der Waals surface area contributed by atoms with Crippen LogP contribution in [0.15, 0.2) is 24.3 Å². The highest BCUT2D eigenvalue weighted by Gasteiger charge is 2.13. The van der Waals surface area contributed by atoms with Crippen molar-refractivity contribution in [1.29, 1.82) is 0 Å². The van der Waals surface area contributed by atoms with Crippen molar-refractivity contribution in [2.45, 2.75) is 13.8 Å². The fraction of sp³-hybridized carbons (Fsp3) is 0.231. The van der Waals surface area contributed by atoms with Gasteiger partial charge in [-0.25, -0.2) is 9.97 Å². The first kappa shape index (κ1) is 12.2. The van der Waals surface area contributed by atoms with Crippen LogP contribution in [0.3, 0.4) is 0 Å². The first-order chi connectivity index (χ1) is 8.63. The fourth-order valence-corrected chi connectivity index (χ4v) is 1.70. The number of rotatable bonds is 3. The van der Waals surface area contributed by atoms with Gasteiger partial charge in [-0.2, -0.15) is 0 Å². The number of nitrogens with zero attached hydrogens (tertiary/aromatic N) is 2. The monoisotopic (exact) mass is 244 g/mol. The summed E-state index contributed by atoms with van der Waals surface area (Å²) in [5.41, 5.74) is 8.33. The van der Waals surface area contributed by atoms with Gasteiger partial charge in [0.25, 0.3) is 0 Å². The van der Waals surface area contributed by atoms with Crippen molar-refractivity contribution >= 4 is 11.6 Å². The van der Waals surface area contributed by atoms with E-state index < -0.39 is 0 Å². The number of phenolic OH excluding ortho intramolecular Hbond substituents is 1. The number of hydrogen-bond acceptors (Lipinski definition) is 5. The van der Waals surface area contributed by atoms with Crippen LogP contribution in [0, 0.1) is 6.92 Å². The number of para-hydroxylation sites is 1. The Labute approximate surface area is 106 Å². The molecule has 1 aromatic heterocycles. The second-order valence-electron chi connectivity index (χ2n) is 3.94. The third kappa shape index (κ3) is 2.20. The van der Waals surface area contributed by atoms with Crippen LogP contribution in [-0.4, -0.2) is 21.6 Å². The first-order valence-electron chi connectivity index (χ1n) is 5.79. The molecule has 0 radical (unpaired) electrons. The van der Waals surface area contributed by atoms with E-state index in [1.807, 2.05) is 19.9 Å². The molecule has 94 valence electrons. The summed E-state index contributed by atoms with van der Waals surface area (Å²) in [5, 5.41) is 12.9. The third-order valence-electron chi connectivity index (χ3n) is 2.63. The lowest BCUT2D eigenvalue weighted by molar-refractivity contribution is 0.477. The predicted molar refractivity (Wildman–Crippen MR) is 72.4 cm³/mol. The van der Waals surface area contributed by atoms with Gasteiger partial charge in [-0.05, 0) is 26.0 Å². The van der Waals surface area contributed by atoms with Gasteiger partial charge in [0, 0.05) is 12.1 Å². The SMILES string of the molecule is CCNc1nc(C)c(N)c(-c2ccccc2O)n1. The van der Waals surface area contributed by atoms with Gasteiger partial charge in [-0.15, -0.1) is 0 Å². The van der Waals surface area contributed by atoms with E-state index in [1.165, 1.54) is 0 Å². The molecule has 18 heavy (non-hydrogen) atoms. The highest BCUT2D eigenvalue weighted by Crippen LogP contribution is 2.32. The lowest BCUT2D eigenvalue weighted by atomic mass is 10.1. The van der Waals surface area contributed by atoms with Gasteiger partial charge < -0.3 is 16.2 Å². The van der Waals surface area contributed by atoms with Crippen LogP contribution in [0.1, 0.15) is 12.6 Å². The van der Waals surface area contributed by atoms with Crippen LogP contribution in [0.2, 0.25) is 0 Å². The number of nitrogen functional groups attached to an aromatic ring is 1. The van der Waals surface area contributed by atoms with E-state index in [0.717, 1.165) is 6.54 Å². The van der Waals surface area contributed by atoms with E-state index in [1.54, 1.807) is 18.2 Å². The van der Waals surface area contributed by atoms with E-state index in [2.05, 4.69) is 15.3 Å². The summed E-state index contributed by atoms with van der Waals surface area (Å²) in [6.45, 7) is 4.51. The molecule has 0 aliphatic rings. The highest BCUT2D eigenvalue weighted by atomic mass is 16.3. The summed E-state index contributed by atoms with van der Waals surface area (Å²) in [7, 11) is 0. The molecule has 0 saturated carbocycles. The molecule has 4 N–H and O–H groups in total. The molecule has 5 heteroatoms. The van der Waals surface area contributed by atoms with Crippen molar-refractivity contribution in [2.75, 3.05) is 17.6 Å². The standard InChI is InChI=1S/C13H16N4O/c1-3-15-13-16-8(2)11(14)12(17-13)9-6-4-5-7-10(9)18/h4-7,18H,3,14H2,1-2H3,(H,15,16,17). The number of nitrogens with one attached hydrogen (secondary N) is 1. The Morgan fingerprint density at radius 1 is 1.28 bits per heavy atom. The molecule has 0 bridgehead atoms. The highest BCUT2D eigenvalue weighted by molar-refractivity contribution is 5.78. The van der Waals surface area contributed by atoms with E-state index in [4.69, 9.17) is 5.73 Å². The number of nitrogens with two attached hydrogens (primary N) is 1. The summed E-state index contributed by atoms with van der Waals surface area (Å²) in [6.07, 6.45) is 0. The third-order valence-corrected chi connectivity index (χ3v) is 2.63. The van der Waals surface area contributed by atoms with Crippen LogP contribution >= 0.6 is 0 Å². The van der Waals surface area contributed by atoms with Gasteiger partial charge in [-0.3, -0.25) is 0 Å². The molecule has 2 rings (SSSR count). The topological polar surface area (TPSA) is 84.1 Å². The first-order valence-corrected chi connectivity index (χ1v) is 5.79. The quantitative estimate of drug-likeness (QED) is 0.770. The molecule has 0 spiro atoms. The number of benzene rings is 1. The molecule has 0 aliphatic carbocycles. The number of aryl methyl sites for hydroxylation is 1. The van der Waals surface area contributed by atoms with Gasteiger partial charge in [-0.1, -0.05) is 12.1 Å². The van der Waals surface area contributed by atoms with E-state index >= 15 is 0 Å². The number of phenols is 1. The lowest BCUT2D eigenvalue weighted by Gasteiger charge is -2.11. The Bertz CT molecular complexity index is 569. The summed E-state index contributed by atoms with van der Waals surface area (Å²) in [4.78, 5) is 8.60. The summed E-state index contributed by atoms with van der Waals surface area (Å²) in [5.74, 6) is 0.673. The Morgan fingerprint density at radius 2 is 2.00 bits per heavy atom. The average molecular weight is 244 g/mol. The zero-order chi connectivity index (χ0) is 13.1. The van der Waals surface area contributed by atoms with E-state index in [-0.39, 0.29) is 5.75 Å². The maximum atomic E-state index is 9.86. The largest absolute Gasteiger partial charge is 0.507 e. The lowest BCUT2D eigenvalue weighted by Crippen LogP contribution is -2.07. The molecule has 2 aromatic rings. The van der Waals surface area contributed by atoms with E-state index in [0.29, 0.717) is 28.6 Å². The number of aromatic nitrogens is 2. The fourth-order valence-electron chi connectivity index (χ4n) is 1.70. The summed E-state index contributed by atoms with van der Waals surface area (Å²) < 4.78 is 0. The Balaban J connectivity index is 2.59. The molecule has 0 fully saturated rings. The van der Waals surface area contributed by atoms with Crippen LogP contribution in [0.5, 0.6) is 5.75 Å². The van der Waals surface area contributed by atoms with Gasteiger partial charge in [0.15, 0.2) is 0 Å². The van der Waals surface area contributed by atoms with Crippen molar-refractivity contribution < 1.29 is 5.11 Å². The summed E-state index contributed by atoms with van der Waals surface area (Å²) in [6, 6.07) is 6.98. The zero-order valence-electron chi connectivity index (χ0n) is 10.4. The molecule has 0 amide bonds. The predicted octanol–water partition coefficient (Wildman–Crippen LogP) is 2.17. The normalized spacial score (nSPS) is 10.3. The second kappa shape index (κ2) is 4.91. The number of hydrogen-bond donors (Lipinski definition) is 3. The van der Waals surface area contributed by atoms with Crippen molar-refractivity contribution in [3.63, 3.8) is 0 Å². The number of aromatic hydroxyl groups is 1. The summed E-state index contributed by atoms with van der Waals surface area (Å²) >= 11 is 0. The molecule has 5 nitrogen and oxygen atoms in total. The molecule has 1 aromatic carbocycles. The smallest absolute Gasteiger partial charge is 0.223 e.